The minimum atomic E-state index is 0.246. The summed E-state index contributed by atoms with van der Waals surface area (Å²) in [5.41, 5.74) is 5.07. The summed E-state index contributed by atoms with van der Waals surface area (Å²) in [5, 5.41) is 5.60. The average molecular weight is 291 g/mol. The predicted octanol–water partition coefficient (Wildman–Crippen LogP) is 0.592. The summed E-state index contributed by atoms with van der Waals surface area (Å²) in [5.74, 6) is 0. The second kappa shape index (κ2) is 5.99. The highest BCUT2D eigenvalue weighted by molar-refractivity contribution is 5.13. The van der Waals surface area contributed by atoms with Crippen molar-refractivity contribution in [1.82, 2.24) is 25.6 Å². The average Bonchev–Trinajstić information content (AvgIpc) is 2.47. The first kappa shape index (κ1) is 14.9. The minimum Gasteiger partial charge on any atom is -0.382 e. The third-order valence-electron chi connectivity index (χ3n) is 5.38. The Morgan fingerprint density at radius 1 is 1.38 bits per heavy atom. The lowest BCUT2D eigenvalue weighted by molar-refractivity contribution is -0.110. The van der Waals surface area contributed by atoms with Crippen LogP contribution in [0.25, 0.3) is 0 Å². The van der Waals surface area contributed by atoms with Crippen LogP contribution in [0.2, 0.25) is 0 Å². The van der Waals surface area contributed by atoms with Crippen LogP contribution in [0.5, 0.6) is 0 Å². The van der Waals surface area contributed by atoms with Crippen LogP contribution in [0.15, 0.2) is 25.1 Å². The molecule has 0 aliphatic carbocycles. The van der Waals surface area contributed by atoms with E-state index in [0.717, 1.165) is 25.3 Å². The first-order valence-corrected chi connectivity index (χ1v) is 8.15. The monoisotopic (exact) mass is 291 g/mol. The van der Waals surface area contributed by atoms with Crippen molar-refractivity contribution in [3.63, 3.8) is 0 Å². The quantitative estimate of drug-likeness (QED) is 0.749. The molecule has 5 nitrogen and oxygen atoms in total. The van der Waals surface area contributed by atoms with Gasteiger partial charge in [0.05, 0.1) is 6.04 Å². The summed E-state index contributed by atoms with van der Waals surface area (Å²) < 4.78 is 0. The van der Waals surface area contributed by atoms with E-state index in [2.05, 4.69) is 45.8 Å². The largest absolute Gasteiger partial charge is 0.382 e. The molecule has 0 aromatic carbocycles. The van der Waals surface area contributed by atoms with Crippen LogP contribution in [0.3, 0.4) is 0 Å². The Bertz CT molecular complexity index is 395. The zero-order chi connectivity index (χ0) is 14.9. The van der Waals surface area contributed by atoms with E-state index in [1.54, 1.807) is 6.20 Å². The van der Waals surface area contributed by atoms with Gasteiger partial charge in [-0.3, -0.25) is 9.80 Å². The molecule has 118 valence electrons. The van der Waals surface area contributed by atoms with Crippen molar-refractivity contribution < 1.29 is 0 Å². The second-order valence-corrected chi connectivity index (χ2v) is 6.75. The Kier molecular flexibility index (Phi) is 4.24. The molecule has 5 heteroatoms. The molecule has 0 aromatic rings. The van der Waals surface area contributed by atoms with E-state index in [9.17, 15) is 0 Å². The Labute approximate surface area is 128 Å². The van der Waals surface area contributed by atoms with Crippen LogP contribution in [-0.2, 0) is 0 Å². The second-order valence-electron chi connectivity index (χ2n) is 6.75. The van der Waals surface area contributed by atoms with Gasteiger partial charge < -0.3 is 10.3 Å². The molecule has 0 radical (unpaired) electrons. The lowest BCUT2D eigenvalue weighted by Crippen LogP contribution is -2.76. The fourth-order valence-corrected chi connectivity index (χ4v) is 3.74. The third kappa shape index (κ3) is 2.82. The SMILES string of the molecule is C=CNC(CN1CC2(CCN2C)C1)C(=C)N1CCCCN1. The van der Waals surface area contributed by atoms with Gasteiger partial charge in [0.25, 0.3) is 0 Å². The summed E-state index contributed by atoms with van der Waals surface area (Å²) in [4.78, 5) is 5.03. The number of rotatable bonds is 6. The lowest BCUT2D eigenvalue weighted by atomic mass is 9.78. The van der Waals surface area contributed by atoms with Crippen molar-refractivity contribution in [3.8, 4) is 0 Å². The van der Waals surface area contributed by atoms with Gasteiger partial charge in [0.1, 0.15) is 0 Å². The van der Waals surface area contributed by atoms with Gasteiger partial charge in [0.15, 0.2) is 0 Å². The molecule has 3 heterocycles. The van der Waals surface area contributed by atoms with E-state index in [1.807, 2.05) is 0 Å². The van der Waals surface area contributed by atoms with E-state index >= 15 is 0 Å². The molecule has 21 heavy (non-hydrogen) atoms. The highest BCUT2D eigenvalue weighted by Crippen LogP contribution is 2.37. The topological polar surface area (TPSA) is 33.8 Å². The van der Waals surface area contributed by atoms with Crippen molar-refractivity contribution in [2.24, 2.45) is 0 Å². The number of hydrazine groups is 1. The van der Waals surface area contributed by atoms with Gasteiger partial charge in [0.2, 0.25) is 0 Å². The number of hydrogen-bond donors (Lipinski definition) is 2. The van der Waals surface area contributed by atoms with Crippen molar-refractivity contribution >= 4 is 0 Å². The maximum absolute atomic E-state index is 4.31. The molecule has 0 saturated carbocycles. The predicted molar refractivity (Wildman–Crippen MR) is 86.6 cm³/mol. The molecular formula is C16H29N5. The zero-order valence-electron chi connectivity index (χ0n) is 13.3. The maximum Gasteiger partial charge on any atom is 0.0792 e. The van der Waals surface area contributed by atoms with Crippen molar-refractivity contribution in [2.45, 2.75) is 30.8 Å². The molecule has 0 amide bonds. The molecule has 3 fully saturated rings. The number of nitrogens with one attached hydrogen (secondary N) is 2. The number of hydrogen-bond acceptors (Lipinski definition) is 5. The molecule has 0 aromatic heterocycles. The van der Waals surface area contributed by atoms with Crippen LogP contribution in [0.1, 0.15) is 19.3 Å². The molecule has 1 atom stereocenters. The fraction of sp³-hybridized carbons (Fsp3) is 0.750. The highest BCUT2D eigenvalue weighted by atomic mass is 15.5. The smallest absolute Gasteiger partial charge is 0.0792 e. The van der Waals surface area contributed by atoms with Gasteiger partial charge >= 0.3 is 0 Å². The Morgan fingerprint density at radius 3 is 2.71 bits per heavy atom. The van der Waals surface area contributed by atoms with Crippen LogP contribution in [0, 0.1) is 0 Å². The molecule has 0 bridgehead atoms. The highest BCUT2D eigenvalue weighted by Gasteiger charge is 2.51. The van der Waals surface area contributed by atoms with E-state index in [0.29, 0.717) is 5.54 Å². The summed E-state index contributed by atoms with van der Waals surface area (Å²) in [6.45, 7) is 14.9. The van der Waals surface area contributed by atoms with Crippen molar-refractivity contribution in [3.05, 3.63) is 25.1 Å². The molecule has 3 rings (SSSR count). The normalized spacial score (nSPS) is 26.8. The van der Waals surface area contributed by atoms with Gasteiger partial charge in [-0.15, -0.1) is 0 Å². The maximum atomic E-state index is 4.31. The van der Waals surface area contributed by atoms with Gasteiger partial charge in [0, 0.05) is 50.5 Å². The standard InChI is InChI=1S/C16H29N5/c1-4-17-15(14(2)21-9-6-5-8-18-21)11-20-12-16(13-20)7-10-19(16)3/h4,15,17-18H,1-2,5-13H2,3H3. The third-order valence-corrected chi connectivity index (χ3v) is 5.38. The van der Waals surface area contributed by atoms with Crippen LogP contribution in [-0.4, -0.2) is 72.7 Å². The van der Waals surface area contributed by atoms with Gasteiger partial charge in [-0.25, -0.2) is 5.43 Å². The fourth-order valence-electron chi connectivity index (χ4n) is 3.74. The summed E-state index contributed by atoms with van der Waals surface area (Å²) >= 11 is 0. The van der Waals surface area contributed by atoms with E-state index in [4.69, 9.17) is 0 Å². The molecule has 3 aliphatic heterocycles. The van der Waals surface area contributed by atoms with Crippen molar-refractivity contribution in [2.75, 3.05) is 46.3 Å². The summed E-state index contributed by atoms with van der Waals surface area (Å²) in [6.07, 6.45) is 5.65. The number of nitrogens with zero attached hydrogens (tertiary/aromatic N) is 3. The zero-order valence-corrected chi connectivity index (χ0v) is 13.3. The molecule has 3 aliphatic rings. The molecule has 1 spiro atoms. The van der Waals surface area contributed by atoms with E-state index in [-0.39, 0.29) is 6.04 Å². The van der Waals surface area contributed by atoms with Crippen LogP contribution >= 0.6 is 0 Å². The van der Waals surface area contributed by atoms with Crippen LogP contribution in [0.4, 0.5) is 0 Å². The number of likely N-dealkylation sites (tertiary alicyclic amines) is 2. The molecule has 2 N–H and O–H groups in total. The molecule has 3 saturated heterocycles. The Balaban J connectivity index is 1.52. The minimum absolute atomic E-state index is 0.246. The number of likely N-dealkylation sites (N-methyl/N-ethyl adjacent to an activating group) is 1. The van der Waals surface area contributed by atoms with E-state index in [1.165, 1.54) is 38.9 Å². The lowest BCUT2D eigenvalue weighted by Gasteiger charge is -2.62. The molecule has 1 unspecified atom stereocenters. The Hall–Kier alpha value is -1.04. The first-order chi connectivity index (χ1) is 10.1. The van der Waals surface area contributed by atoms with Crippen molar-refractivity contribution in [1.29, 1.82) is 0 Å². The van der Waals surface area contributed by atoms with Gasteiger partial charge in [-0.1, -0.05) is 13.2 Å². The molecular weight excluding hydrogens is 262 g/mol. The van der Waals surface area contributed by atoms with E-state index < -0.39 is 0 Å². The van der Waals surface area contributed by atoms with Gasteiger partial charge in [-0.2, -0.15) is 0 Å². The van der Waals surface area contributed by atoms with Crippen LogP contribution < -0.4 is 10.7 Å². The summed E-state index contributed by atoms with van der Waals surface area (Å²) in [7, 11) is 2.25. The first-order valence-electron chi connectivity index (χ1n) is 8.15. The summed E-state index contributed by atoms with van der Waals surface area (Å²) in [6, 6.07) is 0.246. The Morgan fingerprint density at radius 2 is 2.19 bits per heavy atom. The van der Waals surface area contributed by atoms with Gasteiger partial charge in [-0.05, 0) is 32.5 Å².